The molecule has 0 radical (unpaired) electrons. The van der Waals surface area contributed by atoms with Crippen LogP contribution in [-0.4, -0.2) is 16.1 Å². The van der Waals surface area contributed by atoms with E-state index in [4.69, 9.17) is 9.68 Å². The minimum Gasteiger partial charge on any atom is -0.371 e. The van der Waals surface area contributed by atoms with Gasteiger partial charge in [0.25, 0.3) is 0 Å². The highest BCUT2D eigenvalue weighted by molar-refractivity contribution is 5.14. The number of hydroxylamine groups is 2. The van der Waals surface area contributed by atoms with Crippen molar-refractivity contribution in [1.82, 2.24) is 5.23 Å². The summed E-state index contributed by atoms with van der Waals surface area (Å²) >= 11 is 0. The Morgan fingerprint density at radius 1 is 0.783 bits per heavy atom. The van der Waals surface area contributed by atoms with E-state index in [1.54, 1.807) is 0 Å². The molecule has 2 aromatic carbocycles. The van der Waals surface area contributed by atoms with E-state index >= 15 is 0 Å². The summed E-state index contributed by atoms with van der Waals surface area (Å²) in [5.41, 5.74) is 1.05. The molecule has 0 bridgehead atoms. The highest BCUT2D eigenvalue weighted by atomic mass is 17.0. The van der Waals surface area contributed by atoms with Crippen LogP contribution in [0.5, 0.6) is 0 Å². The summed E-state index contributed by atoms with van der Waals surface area (Å²) in [5, 5.41) is 12.1. The lowest BCUT2D eigenvalue weighted by Gasteiger charge is -2.34. The zero-order valence-electron chi connectivity index (χ0n) is 13.2. The fourth-order valence-electron chi connectivity index (χ4n) is 2.82. The fourth-order valence-corrected chi connectivity index (χ4v) is 2.82. The molecule has 23 heavy (non-hydrogen) atoms. The van der Waals surface area contributed by atoms with Gasteiger partial charge in [-0.3, -0.25) is 9.68 Å². The van der Waals surface area contributed by atoms with Crippen LogP contribution in [0.1, 0.15) is 36.8 Å². The molecule has 1 N–H and O–H groups in total. The summed E-state index contributed by atoms with van der Waals surface area (Å²) in [5.74, 6) is 0. The van der Waals surface area contributed by atoms with Crippen LogP contribution in [0, 0.1) is 0 Å². The summed E-state index contributed by atoms with van der Waals surface area (Å²) in [6.45, 7) is 0.746. The van der Waals surface area contributed by atoms with Gasteiger partial charge in [0.15, 0.2) is 5.72 Å². The van der Waals surface area contributed by atoms with E-state index in [2.05, 4.69) is 0 Å². The molecule has 0 heterocycles. The van der Waals surface area contributed by atoms with E-state index < -0.39 is 5.72 Å². The molecular formula is C19H23NO3. The number of hydrogen-bond donors (Lipinski definition) is 1. The van der Waals surface area contributed by atoms with E-state index in [1.165, 1.54) is 5.23 Å². The Balaban J connectivity index is 1.64. The van der Waals surface area contributed by atoms with Crippen molar-refractivity contribution in [2.24, 2.45) is 0 Å². The van der Waals surface area contributed by atoms with E-state index in [0.29, 0.717) is 26.1 Å². The smallest absolute Gasteiger partial charge is 0.167 e. The number of rotatable bonds is 7. The van der Waals surface area contributed by atoms with E-state index in [0.717, 1.165) is 24.0 Å². The zero-order chi connectivity index (χ0) is 16.0. The summed E-state index contributed by atoms with van der Waals surface area (Å²) in [7, 11) is 0. The van der Waals surface area contributed by atoms with E-state index in [1.807, 2.05) is 60.7 Å². The third-order valence-electron chi connectivity index (χ3n) is 4.13. The van der Waals surface area contributed by atoms with Crippen LogP contribution < -0.4 is 0 Å². The van der Waals surface area contributed by atoms with Crippen LogP contribution in [0.2, 0.25) is 0 Å². The molecule has 1 aliphatic rings. The lowest BCUT2D eigenvalue weighted by molar-refractivity contribution is -0.461. The van der Waals surface area contributed by atoms with Gasteiger partial charge in [0.1, 0.15) is 0 Å². The van der Waals surface area contributed by atoms with Gasteiger partial charge in [-0.1, -0.05) is 60.7 Å². The van der Waals surface area contributed by atoms with Crippen molar-refractivity contribution in [2.45, 2.75) is 44.6 Å². The maximum absolute atomic E-state index is 10.8. The van der Waals surface area contributed by atoms with Gasteiger partial charge in [0, 0.05) is 0 Å². The molecule has 3 rings (SSSR count). The second-order valence-electron chi connectivity index (χ2n) is 5.96. The number of nitrogens with zero attached hydrogens (tertiary/aromatic N) is 1. The predicted octanol–water partition coefficient (Wildman–Crippen LogP) is 3.81. The average Bonchev–Trinajstić information content (AvgIpc) is 3.04. The number of hydrogen-bond acceptors (Lipinski definition) is 4. The van der Waals surface area contributed by atoms with Gasteiger partial charge < -0.3 is 5.11 Å². The Bertz CT molecular complexity index is 539. The van der Waals surface area contributed by atoms with Crippen molar-refractivity contribution in [3.05, 3.63) is 71.8 Å². The first-order valence-corrected chi connectivity index (χ1v) is 8.13. The summed E-state index contributed by atoms with van der Waals surface area (Å²) in [4.78, 5) is 11.6. The Morgan fingerprint density at radius 3 is 1.65 bits per heavy atom. The second kappa shape index (κ2) is 7.70. The minimum atomic E-state index is -1.04. The summed E-state index contributed by atoms with van der Waals surface area (Å²) < 4.78 is 0. The van der Waals surface area contributed by atoms with Gasteiger partial charge in [-0.25, -0.2) is 0 Å². The lowest BCUT2D eigenvalue weighted by Crippen LogP contribution is -2.46. The van der Waals surface area contributed by atoms with E-state index in [9.17, 15) is 5.11 Å². The number of benzene rings is 2. The summed E-state index contributed by atoms with van der Waals surface area (Å²) in [6, 6.07) is 19.8. The lowest BCUT2D eigenvalue weighted by atomic mass is 10.2. The molecule has 1 aliphatic carbocycles. The molecule has 0 aromatic heterocycles. The third-order valence-corrected chi connectivity index (χ3v) is 4.13. The van der Waals surface area contributed by atoms with Gasteiger partial charge in [-0.05, 0) is 42.0 Å². The molecule has 0 aliphatic heterocycles. The van der Waals surface area contributed by atoms with Gasteiger partial charge >= 0.3 is 0 Å². The quantitative estimate of drug-likeness (QED) is 0.623. The van der Waals surface area contributed by atoms with Gasteiger partial charge in [-0.2, -0.15) is 0 Å². The molecule has 122 valence electrons. The minimum absolute atomic E-state index is 0.373. The molecule has 4 heteroatoms. The molecule has 0 spiro atoms. The first-order valence-electron chi connectivity index (χ1n) is 8.13. The van der Waals surface area contributed by atoms with Crippen LogP contribution in [0.4, 0.5) is 0 Å². The van der Waals surface area contributed by atoms with Crippen molar-refractivity contribution in [2.75, 3.05) is 0 Å². The van der Waals surface area contributed by atoms with E-state index in [-0.39, 0.29) is 0 Å². The Kier molecular flexibility index (Phi) is 5.41. The maximum Gasteiger partial charge on any atom is 0.167 e. The zero-order valence-corrected chi connectivity index (χ0v) is 13.2. The maximum atomic E-state index is 10.8. The Hall–Kier alpha value is -1.72. The van der Waals surface area contributed by atoms with Crippen molar-refractivity contribution in [3.8, 4) is 0 Å². The molecule has 0 amide bonds. The molecule has 1 fully saturated rings. The summed E-state index contributed by atoms with van der Waals surface area (Å²) in [6.07, 6.45) is 3.29. The standard InChI is InChI=1S/C19H23NO3/c21-19(13-7-8-14-19)20(22-15-17-9-3-1-4-10-17)23-16-18-11-5-2-6-12-18/h1-6,9-12,21H,7-8,13-16H2. The molecular weight excluding hydrogens is 290 g/mol. The predicted molar refractivity (Wildman–Crippen MR) is 87.7 cm³/mol. The van der Waals surface area contributed by atoms with Gasteiger partial charge in [-0.15, -0.1) is 0 Å². The Labute approximate surface area is 137 Å². The normalized spacial score (nSPS) is 16.8. The topological polar surface area (TPSA) is 41.9 Å². The van der Waals surface area contributed by atoms with Crippen molar-refractivity contribution in [3.63, 3.8) is 0 Å². The largest absolute Gasteiger partial charge is 0.371 e. The van der Waals surface area contributed by atoms with Crippen LogP contribution in [0.3, 0.4) is 0 Å². The van der Waals surface area contributed by atoms with Crippen LogP contribution in [0.25, 0.3) is 0 Å². The molecule has 0 atom stereocenters. The highest BCUT2D eigenvalue weighted by Crippen LogP contribution is 2.33. The molecule has 4 nitrogen and oxygen atoms in total. The first kappa shape index (κ1) is 16.1. The van der Waals surface area contributed by atoms with Crippen molar-refractivity contribution in [1.29, 1.82) is 0 Å². The Morgan fingerprint density at radius 2 is 1.22 bits per heavy atom. The second-order valence-corrected chi connectivity index (χ2v) is 5.96. The van der Waals surface area contributed by atoms with Crippen molar-refractivity contribution < 1.29 is 14.8 Å². The first-order chi connectivity index (χ1) is 11.3. The SMILES string of the molecule is OC1(N(OCc2ccccc2)OCc2ccccc2)CCCC1. The third kappa shape index (κ3) is 4.39. The van der Waals surface area contributed by atoms with Gasteiger partial charge in [0.05, 0.1) is 13.2 Å². The van der Waals surface area contributed by atoms with Crippen LogP contribution >= 0.6 is 0 Å². The highest BCUT2D eigenvalue weighted by Gasteiger charge is 2.40. The monoisotopic (exact) mass is 313 g/mol. The molecule has 0 unspecified atom stereocenters. The van der Waals surface area contributed by atoms with Crippen LogP contribution in [0.15, 0.2) is 60.7 Å². The van der Waals surface area contributed by atoms with Crippen LogP contribution in [-0.2, 0) is 22.9 Å². The number of aliphatic hydroxyl groups is 1. The molecule has 1 saturated carbocycles. The average molecular weight is 313 g/mol. The molecule has 0 saturated heterocycles. The molecule has 2 aromatic rings. The van der Waals surface area contributed by atoms with Gasteiger partial charge in [0.2, 0.25) is 0 Å². The van der Waals surface area contributed by atoms with Crippen molar-refractivity contribution >= 4 is 0 Å². The fraction of sp³-hybridized carbons (Fsp3) is 0.368.